The summed E-state index contributed by atoms with van der Waals surface area (Å²) < 4.78 is 35.6. The number of ketones is 1. The van der Waals surface area contributed by atoms with Gasteiger partial charge in [0.15, 0.2) is 23.6 Å². The molecular formula is C45H54N4O15. The van der Waals surface area contributed by atoms with E-state index in [1.54, 1.807) is 51.1 Å². The Bertz CT molecular complexity index is 2300. The number of amides is 1. The molecule has 0 spiro atoms. The van der Waals surface area contributed by atoms with Crippen LogP contribution in [0.25, 0.3) is 10.4 Å². The van der Waals surface area contributed by atoms with E-state index in [-0.39, 0.29) is 35.4 Å². The molecule has 344 valence electrons. The molecule has 6 rings (SSSR count). The van der Waals surface area contributed by atoms with Gasteiger partial charge in [0.1, 0.15) is 29.5 Å². The number of alkyl carbamates (subject to hydrolysis) is 1. The maximum atomic E-state index is 15.5. The SMILES string of the molecule is CC(=O)O[C@H]1C(=O)[C@@]2(C)[C@H]([C@H](OC(=O)c3cccc(N=[N+]=[N-])c3)[C@]3(O)C[C@H](OC(=O)[C@H](O)[C@@H](NC(=O)OC(C)(C)C)c4ccccc4)C(C)=C1C3(C)C)[C@]1(OC(C)=O)CO[C@@H]1C[C@@H]2O. The Kier molecular flexibility index (Phi) is 12.8. The lowest BCUT2D eigenvalue weighted by Gasteiger charge is -2.67. The highest BCUT2D eigenvalue weighted by atomic mass is 16.6. The number of benzene rings is 2. The third-order valence-corrected chi connectivity index (χ3v) is 13.1. The van der Waals surface area contributed by atoms with Crippen LogP contribution in [0.15, 0.2) is 70.9 Å². The van der Waals surface area contributed by atoms with Crippen molar-refractivity contribution in [1.29, 1.82) is 0 Å². The molecule has 4 aliphatic rings. The first-order chi connectivity index (χ1) is 29.8. The second kappa shape index (κ2) is 17.3. The molecule has 0 radical (unpaired) electrons. The van der Waals surface area contributed by atoms with Gasteiger partial charge in [-0.25, -0.2) is 14.4 Å². The third-order valence-electron chi connectivity index (χ3n) is 13.1. The Balaban J connectivity index is 1.55. The summed E-state index contributed by atoms with van der Waals surface area (Å²) in [7, 11) is 0. The van der Waals surface area contributed by atoms with Crippen molar-refractivity contribution >= 4 is 41.4 Å². The minimum absolute atomic E-state index is 0.0360. The number of nitrogens with one attached hydrogen (secondary N) is 1. The zero-order chi connectivity index (χ0) is 47.3. The summed E-state index contributed by atoms with van der Waals surface area (Å²) in [6, 6.07) is 12.0. The molecule has 0 unspecified atom stereocenters. The first kappa shape index (κ1) is 47.6. The summed E-state index contributed by atoms with van der Waals surface area (Å²) >= 11 is 0. The second-order valence-corrected chi connectivity index (χ2v) is 18.5. The van der Waals surface area contributed by atoms with Crippen molar-refractivity contribution < 1.29 is 72.5 Å². The van der Waals surface area contributed by atoms with E-state index in [0.29, 0.717) is 5.56 Å². The number of esters is 4. The van der Waals surface area contributed by atoms with Gasteiger partial charge in [0, 0.05) is 42.7 Å². The number of azide groups is 1. The fraction of sp³-hybridized carbons (Fsp3) is 0.556. The van der Waals surface area contributed by atoms with Gasteiger partial charge in [-0.1, -0.05) is 61.4 Å². The van der Waals surface area contributed by atoms with Crippen molar-refractivity contribution in [1.82, 2.24) is 5.32 Å². The minimum atomic E-state index is -2.49. The maximum Gasteiger partial charge on any atom is 0.408 e. The number of aliphatic hydroxyl groups is 3. The molecule has 2 aromatic rings. The summed E-state index contributed by atoms with van der Waals surface area (Å²) in [5.74, 6) is -6.71. The quantitative estimate of drug-likeness (QED) is 0.0624. The summed E-state index contributed by atoms with van der Waals surface area (Å²) in [5, 5.41) is 43.6. The van der Waals surface area contributed by atoms with E-state index in [9.17, 15) is 39.3 Å². The average molecular weight is 891 g/mol. The van der Waals surface area contributed by atoms with E-state index in [1.807, 2.05) is 0 Å². The minimum Gasteiger partial charge on any atom is -0.456 e. The fourth-order valence-electron chi connectivity index (χ4n) is 9.98. The van der Waals surface area contributed by atoms with Gasteiger partial charge in [-0.05, 0) is 69.0 Å². The lowest BCUT2D eigenvalue weighted by Crippen LogP contribution is -2.82. The predicted octanol–water partition coefficient (Wildman–Crippen LogP) is 4.77. The van der Waals surface area contributed by atoms with E-state index in [2.05, 4.69) is 15.3 Å². The monoisotopic (exact) mass is 890 g/mol. The van der Waals surface area contributed by atoms with Crippen LogP contribution in [0.4, 0.5) is 10.5 Å². The number of rotatable bonds is 10. The molecular weight excluding hydrogens is 837 g/mol. The molecule has 2 bridgehead atoms. The van der Waals surface area contributed by atoms with Crippen LogP contribution in [0.1, 0.15) is 97.1 Å². The van der Waals surface area contributed by atoms with Crippen molar-refractivity contribution in [3.05, 3.63) is 87.3 Å². The van der Waals surface area contributed by atoms with Crippen molar-refractivity contribution in [3.63, 3.8) is 0 Å². The molecule has 4 N–H and O–H groups in total. The molecule has 3 fully saturated rings. The third kappa shape index (κ3) is 8.33. The van der Waals surface area contributed by atoms with Gasteiger partial charge in [-0.2, -0.15) is 0 Å². The van der Waals surface area contributed by atoms with E-state index >= 15 is 4.79 Å². The van der Waals surface area contributed by atoms with Gasteiger partial charge in [0.25, 0.3) is 0 Å². The van der Waals surface area contributed by atoms with Crippen LogP contribution in [0.3, 0.4) is 0 Å². The van der Waals surface area contributed by atoms with Gasteiger partial charge in [-0.15, -0.1) is 0 Å². The number of nitrogens with zero attached hydrogens (tertiary/aromatic N) is 3. The summed E-state index contributed by atoms with van der Waals surface area (Å²) in [6.45, 7) is 12.5. The van der Waals surface area contributed by atoms with E-state index in [1.165, 1.54) is 52.0 Å². The molecule has 2 saturated carbocycles. The molecule has 0 aromatic heterocycles. The largest absolute Gasteiger partial charge is 0.456 e. The van der Waals surface area contributed by atoms with Gasteiger partial charge in [-0.3, -0.25) is 14.4 Å². The molecule has 19 nitrogen and oxygen atoms in total. The van der Waals surface area contributed by atoms with Crippen LogP contribution < -0.4 is 5.32 Å². The molecule has 1 heterocycles. The molecule has 3 aliphatic carbocycles. The van der Waals surface area contributed by atoms with Gasteiger partial charge < -0.3 is 49.1 Å². The zero-order valence-corrected chi connectivity index (χ0v) is 37.0. The number of Topliss-reactive ketones (excluding diaryl/α,β-unsaturated/α-hetero) is 1. The van der Waals surface area contributed by atoms with Crippen LogP contribution >= 0.6 is 0 Å². The summed E-state index contributed by atoms with van der Waals surface area (Å²) in [5.41, 5.74) is 0.171. The number of carbonyl (C=O) groups excluding carboxylic acids is 6. The van der Waals surface area contributed by atoms with Crippen LogP contribution in [0.2, 0.25) is 0 Å². The van der Waals surface area contributed by atoms with Crippen LogP contribution in [0, 0.1) is 16.7 Å². The first-order valence-electron chi connectivity index (χ1n) is 20.8. The van der Waals surface area contributed by atoms with Crippen LogP contribution in [-0.4, -0.2) is 111 Å². The maximum absolute atomic E-state index is 15.5. The number of fused-ring (bicyclic) bond motifs is 5. The topological polar surface area (TPSA) is 279 Å². The molecule has 11 atom stereocenters. The van der Waals surface area contributed by atoms with E-state index in [4.69, 9.17) is 34.0 Å². The number of hydrogen-bond donors (Lipinski definition) is 4. The predicted molar refractivity (Wildman–Crippen MR) is 222 cm³/mol. The van der Waals surface area contributed by atoms with Crippen LogP contribution in [-0.2, 0) is 47.6 Å². The molecule has 1 aliphatic heterocycles. The Morgan fingerprint density at radius 3 is 2.23 bits per heavy atom. The molecule has 2 aromatic carbocycles. The van der Waals surface area contributed by atoms with Crippen molar-refractivity contribution in [2.24, 2.45) is 21.9 Å². The summed E-state index contributed by atoms with van der Waals surface area (Å²) in [6.07, 6.45) is -12.0. The number of aliphatic hydroxyl groups excluding tert-OH is 2. The van der Waals surface area contributed by atoms with Gasteiger partial charge in [0.05, 0.1) is 35.6 Å². The fourth-order valence-corrected chi connectivity index (χ4v) is 9.98. The second-order valence-electron chi connectivity index (χ2n) is 18.5. The normalized spacial score (nSPS) is 31.3. The van der Waals surface area contributed by atoms with E-state index in [0.717, 1.165) is 13.8 Å². The Hall–Kier alpha value is -5.85. The lowest BCUT2D eigenvalue weighted by molar-refractivity contribution is -0.346. The van der Waals surface area contributed by atoms with Crippen molar-refractivity contribution in [2.75, 3.05) is 6.61 Å². The van der Waals surface area contributed by atoms with Gasteiger partial charge in [0.2, 0.25) is 0 Å². The zero-order valence-electron chi connectivity index (χ0n) is 37.0. The Morgan fingerprint density at radius 1 is 0.984 bits per heavy atom. The highest BCUT2D eigenvalue weighted by Crippen LogP contribution is 2.64. The first-order valence-corrected chi connectivity index (χ1v) is 20.8. The number of ether oxygens (including phenoxy) is 6. The number of carbonyl (C=O) groups is 6. The molecule has 1 saturated heterocycles. The molecule has 64 heavy (non-hydrogen) atoms. The Labute approximate surface area is 369 Å². The van der Waals surface area contributed by atoms with Crippen LogP contribution in [0.5, 0.6) is 0 Å². The molecule has 19 heteroatoms. The highest BCUT2D eigenvalue weighted by Gasteiger charge is 2.78. The smallest absolute Gasteiger partial charge is 0.408 e. The Morgan fingerprint density at radius 2 is 1.66 bits per heavy atom. The average Bonchev–Trinajstić information content (AvgIpc) is 3.20. The lowest BCUT2D eigenvalue weighted by atomic mass is 9.44. The summed E-state index contributed by atoms with van der Waals surface area (Å²) in [4.78, 5) is 86.1. The van der Waals surface area contributed by atoms with Crippen molar-refractivity contribution in [3.8, 4) is 0 Å². The molecule has 1 amide bonds. The van der Waals surface area contributed by atoms with Crippen molar-refractivity contribution in [2.45, 2.75) is 135 Å². The number of hydrogen-bond acceptors (Lipinski definition) is 16. The van der Waals surface area contributed by atoms with E-state index < -0.39 is 118 Å². The van der Waals surface area contributed by atoms with Gasteiger partial charge >= 0.3 is 30.0 Å². The standard InChI is InChI=1S/C45H54N4O15/c1-22-28(61-39(56)33(53)32(25-14-11-10-12-15-25)47-40(57)64-41(4,5)6)20-45(58)37(62-38(55)26-16-13-17-27(18-26)48-49-46)35-43(9,29(52)19-30-44(35,21-59-30)63-24(3)51)36(54)34(60-23(2)50)31(22)42(45,7)8/h10-18,28-30,32-35,37,52-53,58H,19-21H2,1-9H3,(H,47,57)/t28-,29-,30+,32-,33+,34+,35-,37-,43+,44-,45+/m0/s1. The highest BCUT2D eigenvalue weighted by molar-refractivity contribution is 5.95.